The molecule has 0 heterocycles. The second-order valence-electron chi connectivity index (χ2n) is 1.70. The molecule has 0 aromatic carbocycles. The van der Waals surface area contributed by atoms with E-state index < -0.39 is 0 Å². The van der Waals surface area contributed by atoms with Gasteiger partial charge in [-0.3, -0.25) is 0 Å². The Kier molecular flexibility index (Phi) is 13.0. The van der Waals surface area contributed by atoms with Crippen molar-refractivity contribution in [3.05, 3.63) is 18.1 Å². The fraction of sp³-hybridized carbons (Fsp3) is 0.667. The van der Waals surface area contributed by atoms with E-state index in [4.69, 9.17) is 0 Å². The van der Waals surface area contributed by atoms with E-state index in [0.29, 0.717) is 0 Å². The van der Waals surface area contributed by atoms with E-state index in [9.17, 15) is 0 Å². The van der Waals surface area contributed by atoms with Gasteiger partial charge in [0, 0.05) is 7.05 Å². The maximum absolute atomic E-state index is 3.93. The summed E-state index contributed by atoms with van der Waals surface area (Å²) >= 11 is 0. The molecule has 0 saturated heterocycles. The molecule has 0 unspecified atom stereocenters. The third-order valence-corrected chi connectivity index (χ3v) is 0.988. The molecule has 0 radical (unpaired) electrons. The minimum Gasteiger partial charge on any atom is -0.664 e. The molecule has 0 rings (SSSR count). The Balaban J connectivity index is 0. The van der Waals surface area contributed by atoms with Crippen LogP contribution in [-0.4, -0.2) is 32.1 Å². The van der Waals surface area contributed by atoms with Crippen molar-refractivity contribution in [3.8, 4) is 0 Å². The maximum atomic E-state index is 3.93. The van der Waals surface area contributed by atoms with Crippen molar-refractivity contribution < 1.29 is 51.4 Å². The van der Waals surface area contributed by atoms with E-state index >= 15 is 0 Å². The fourth-order valence-corrected chi connectivity index (χ4v) is 0.349. The third kappa shape index (κ3) is 9.14. The molecule has 0 aliphatic heterocycles. The van der Waals surface area contributed by atoms with Gasteiger partial charge in [-0.1, -0.05) is 6.58 Å². The zero-order chi connectivity index (χ0) is 6.41. The quantitative estimate of drug-likeness (QED) is 0.429. The van der Waals surface area contributed by atoms with E-state index in [2.05, 4.69) is 11.9 Å². The summed E-state index contributed by atoms with van der Waals surface area (Å²) in [6, 6.07) is 0. The molecule has 48 valence electrons. The number of hydrogen-bond acceptors (Lipinski definition) is 1. The van der Waals surface area contributed by atoms with E-state index in [1.807, 2.05) is 19.0 Å². The Morgan fingerprint density at radius 1 is 1.67 bits per heavy atom. The maximum Gasteiger partial charge on any atom is 1.00 e. The summed E-state index contributed by atoms with van der Waals surface area (Å²) in [6.45, 7) is 5.46. The first-order chi connectivity index (χ1) is 3.81. The van der Waals surface area contributed by atoms with Crippen molar-refractivity contribution in [3.63, 3.8) is 0 Å². The number of hydrogen-bond donors (Lipinski definition) is 0. The molecule has 0 spiro atoms. The van der Waals surface area contributed by atoms with Crippen LogP contribution in [0.4, 0.5) is 0 Å². The normalized spacial score (nSPS) is 7.78. The van der Waals surface area contributed by atoms with Crippen molar-refractivity contribution in [2.24, 2.45) is 0 Å². The fourth-order valence-electron chi connectivity index (χ4n) is 0.349. The number of likely N-dealkylation sites (N-methyl/N-ethyl adjacent to an activating group) is 2. The van der Waals surface area contributed by atoms with Gasteiger partial charge < -0.3 is 10.2 Å². The summed E-state index contributed by atoms with van der Waals surface area (Å²) in [6.07, 6.45) is 1.80. The predicted molar refractivity (Wildman–Crippen MR) is 37.0 cm³/mol. The minimum atomic E-state index is 0. The summed E-state index contributed by atoms with van der Waals surface area (Å²) in [5.41, 5.74) is 0. The van der Waals surface area contributed by atoms with Crippen molar-refractivity contribution in [2.45, 2.75) is 0 Å². The van der Waals surface area contributed by atoms with Crippen molar-refractivity contribution >= 4 is 0 Å². The summed E-state index contributed by atoms with van der Waals surface area (Å²) in [4.78, 5) is 2.01. The van der Waals surface area contributed by atoms with Gasteiger partial charge in [-0.05, 0) is 12.7 Å². The van der Waals surface area contributed by atoms with Gasteiger partial charge in [0.2, 0.25) is 0 Å². The van der Waals surface area contributed by atoms with Gasteiger partial charge in [-0.2, -0.15) is 7.05 Å². The summed E-state index contributed by atoms with van der Waals surface area (Å²) in [5.74, 6) is 0. The largest absolute Gasteiger partial charge is 1.00 e. The Hall–Kier alpha value is 1.14. The van der Waals surface area contributed by atoms with Crippen molar-refractivity contribution in [2.75, 3.05) is 27.2 Å². The predicted octanol–water partition coefficient (Wildman–Crippen LogP) is -1.93. The van der Waals surface area contributed by atoms with E-state index in [-0.39, 0.29) is 51.4 Å². The summed E-state index contributed by atoms with van der Waals surface area (Å²) in [5, 5.41) is 3.93. The SMILES string of the molecule is C=CN(C)CC[N-]C.[K+]. The standard InChI is InChI=1S/C6H13N2.K/c1-4-8(3)6-5-7-2;/h4H,1,5-6H2,2-3H3;/q-1;+1. The smallest absolute Gasteiger partial charge is 0.664 e. The Morgan fingerprint density at radius 2 is 2.22 bits per heavy atom. The van der Waals surface area contributed by atoms with Crippen molar-refractivity contribution in [1.29, 1.82) is 0 Å². The van der Waals surface area contributed by atoms with Crippen LogP contribution in [0.3, 0.4) is 0 Å². The molecule has 0 aromatic rings. The zero-order valence-electron chi connectivity index (χ0n) is 6.59. The van der Waals surface area contributed by atoms with Gasteiger partial charge in [-0.15, -0.1) is 6.54 Å². The van der Waals surface area contributed by atoms with Crippen LogP contribution in [-0.2, 0) is 0 Å². The molecule has 0 aliphatic rings. The van der Waals surface area contributed by atoms with Crippen LogP contribution in [0.15, 0.2) is 12.8 Å². The molecule has 2 nitrogen and oxygen atoms in total. The molecular formula is C6H13KN2. The van der Waals surface area contributed by atoms with Gasteiger partial charge in [0.05, 0.1) is 0 Å². The van der Waals surface area contributed by atoms with Crippen LogP contribution in [0.25, 0.3) is 5.32 Å². The van der Waals surface area contributed by atoms with Crippen LogP contribution < -0.4 is 51.4 Å². The molecular weight excluding hydrogens is 139 g/mol. The van der Waals surface area contributed by atoms with Gasteiger partial charge >= 0.3 is 51.4 Å². The van der Waals surface area contributed by atoms with Crippen LogP contribution in [0.2, 0.25) is 0 Å². The second kappa shape index (κ2) is 9.14. The van der Waals surface area contributed by atoms with Gasteiger partial charge in [0.15, 0.2) is 0 Å². The molecule has 0 aliphatic carbocycles. The van der Waals surface area contributed by atoms with Gasteiger partial charge in [0.25, 0.3) is 0 Å². The molecule has 0 atom stereocenters. The minimum absolute atomic E-state index is 0. The monoisotopic (exact) mass is 152 g/mol. The molecule has 0 fully saturated rings. The van der Waals surface area contributed by atoms with Crippen LogP contribution in [0.1, 0.15) is 0 Å². The number of rotatable bonds is 4. The first-order valence-electron chi connectivity index (χ1n) is 2.69. The summed E-state index contributed by atoms with van der Waals surface area (Å²) < 4.78 is 0. The Labute approximate surface area is 100 Å². The number of nitrogens with zero attached hydrogens (tertiary/aromatic N) is 2. The first-order valence-corrected chi connectivity index (χ1v) is 2.69. The Morgan fingerprint density at radius 3 is 2.56 bits per heavy atom. The molecule has 0 bridgehead atoms. The summed E-state index contributed by atoms with van der Waals surface area (Å²) in [7, 11) is 3.80. The zero-order valence-corrected chi connectivity index (χ0v) is 9.72. The van der Waals surface area contributed by atoms with Crippen molar-refractivity contribution in [1.82, 2.24) is 4.90 Å². The van der Waals surface area contributed by atoms with Gasteiger partial charge in [-0.25, -0.2) is 0 Å². The molecule has 0 saturated carbocycles. The van der Waals surface area contributed by atoms with E-state index in [1.165, 1.54) is 0 Å². The van der Waals surface area contributed by atoms with Crippen LogP contribution >= 0.6 is 0 Å². The first kappa shape index (κ1) is 12.8. The topological polar surface area (TPSA) is 17.3 Å². The molecule has 0 amide bonds. The molecule has 3 heteroatoms. The molecule has 9 heavy (non-hydrogen) atoms. The van der Waals surface area contributed by atoms with Crippen LogP contribution in [0, 0.1) is 0 Å². The molecule has 0 aromatic heterocycles. The molecule has 0 N–H and O–H groups in total. The average Bonchev–Trinajstić information content (AvgIpc) is 1.83. The van der Waals surface area contributed by atoms with Gasteiger partial charge in [0.1, 0.15) is 0 Å². The second-order valence-corrected chi connectivity index (χ2v) is 1.70. The third-order valence-electron chi connectivity index (χ3n) is 0.988. The van der Waals surface area contributed by atoms with E-state index in [1.54, 1.807) is 6.20 Å². The van der Waals surface area contributed by atoms with E-state index in [0.717, 1.165) is 13.1 Å². The Bertz CT molecular complexity index is 66.1. The average molecular weight is 152 g/mol. The van der Waals surface area contributed by atoms with Crippen LogP contribution in [0.5, 0.6) is 0 Å².